The van der Waals surface area contributed by atoms with Crippen LogP contribution in [0.3, 0.4) is 0 Å². The lowest BCUT2D eigenvalue weighted by molar-refractivity contribution is -0.142. The Morgan fingerprint density at radius 3 is 2.57 bits per heavy atom. The van der Waals surface area contributed by atoms with Crippen LogP contribution in [0.1, 0.15) is 32.1 Å². The van der Waals surface area contributed by atoms with Crippen LogP contribution in [-0.2, 0) is 9.59 Å². The van der Waals surface area contributed by atoms with Crippen molar-refractivity contribution in [2.45, 2.75) is 38.1 Å². The van der Waals surface area contributed by atoms with Gasteiger partial charge < -0.3 is 14.4 Å². The van der Waals surface area contributed by atoms with Crippen molar-refractivity contribution in [1.29, 1.82) is 0 Å². The number of carbonyl (C=O) groups excluding carboxylic acids is 2. The molecule has 0 N–H and O–H groups in total. The minimum Gasteiger partial charge on any atom is -0.493 e. The van der Waals surface area contributed by atoms with E-state index in [0.29, 0.717) is 43.2 Å². The Kier molecular flexibility index (Phi) is 5.02. The van der Waals surface area contributed by atoms with Crippen molar-refractivity contribution in [3.8, 4) is 11.5 Å². The van der Waals surface area contributed by atoms with Gasteiger partial charge in [-0.1, -0.05) is 0 Å². The quantitative estimate of drug-likeness (QED) is 0.803. The molecule has 28 heavy (non-hydrogen) atoms. The van der Waals surface area contributed by atoms with Gasteiger partial charge in [0.25, 0.3) is 5.91 Å². The van der Waals surface area contributed by atoms with Crippen LogP contribution < -0.4 is 14.4 Å². The van der Waals surface area contributed by atoms with E-state index in [4.69, 9.17) is 9.47 Å². The summed E-state index contributed by atoms with van der Waals surface area (Å²) in [6.07, 6.45) is 5.51. The van der Waals surface area contributed by atoms with Crippen LogP contribution in [0, 0.1) is 0 Å². The van der Waals surface area contributed by atoms with Gasteiger partial charge in [-0.2, -0.15) is 5.10 Å². The number of amides is 2. The van der Waals surface area contributed by atoms with E-state index in [1.807, 2.05) is 12.1 Å². The highest BCUT2D eigenvalue weighted by molar-refractivity contribution is 6.05. The van der Waals surface area contributed by atoms with Crippen LogP contribution in [-0.4, -0.2) is 60.3 Å². The van der Waals surface area contributed by atoms with Crippen molar-refractivity contribution in [3.05, 3.63) is 18.3 Å². The normalized spacial score (nSPS) is 20.6. The molecule has 2 fully saturated rings. The van der Waals surface area contributed by atoms with Crippen LogP contribution in [0.4, 0.5) is 5.82 Å². The summed E-state index contributed by atoms with van der Waals surface area (Å²) in [7, 11) is 3.15. The molecule has 2 aliphatic rings. The zero-order valence-electron chi connectivity index (χ0n) is 16.2. The number of rotatable bonds is 4. The fourth-order valence-electron chi connectivity index (χ4n) is 4.11. The lowest BCUT2D eigenvalue weighted by atomic mass is 9.99. The number of hydrogen-bond donors (Lipinski definition) is 0. The SMILES string of the molecule is COc1cc2cnnc(N3CCCC(N4CCCCC4=O)C3=O)c2cc1OC. The Bertz CT molecular complexity index is 916. The van der Waals surface area contributed by atoms with Gasteiger partial charge in [-0.3, -0.25) is 14.5 Å². The molecule has 1 unspecified atom stereocenters. The molecule has 0 radical (unpaired) electrons. The number of fused-ring (bicyclic) bond motifs is 1. The minimum absolute atomic E-state index is 0.0712. The van der Waals surface area contributed by atoms with Crippen molar-refractivity contribution < 1.29 is 19.1 Å². The standard InChI is InChI=1S/C20H24N4O4/c1-27-16-10-13-12-21-22-19(14(13)11-17(16)28-2)24-9-5-6-15(20(24)26)23-8-4-3-7-18(23)25/h10-12,15H,3-9H2,1-2H3. The zero-order valence-corrected chi connectivity index (χ0v) is 16.2. The summed E-state index contributed by atoms with van der Waals surface area (Å²) in [6, 6.07) is 3.23. The van der Waals surface area contributed by atoms with Gasteiger partial charge in [-0.15, -0.1) is 5.10 Å². The van der Waals surface area contributed by atoms with Crippen molar-refractivity contribution in [3.63, 3.8) is 0 Å². The number of carbonyl (C=O) groups is 2. The molecule has 1 aromatic carbocycles. The summed E-state index contributed by atoms with van der Waals surface area (Å²) in [5.74, 6) is 1.64. The first kappa shape index (κ1) is 18.5. The molecule has 1 aromatic heterocycles. The summed E-state index contributed by atoms with van der Waals surface area (Å²) in [4.78, 5) is 29.1. The number of ether oxygens (including phenoxy) is 2. The maximum atomic E-state index is 13.3. The molecule has 0 aliphatic carbocycles. The molecule has 148 valence electrons. The smallest absolute Gasteiger partial charge is 0.251 e. The fourth-order valence-corrected chi connectivity index (χ4v) is 4.11. The van der Waals surface area contributed by atoms with Gasteiger partial charge in [0, 0.05) is 30.3 Å². The molecule has 2 amide bonds. The second kappa shape index (κ2) is 7.61. The summed E-state index contributed by atoms with van der Waals surface area (Å²) >= 11 is 0. The maximum Gasteiger partial charge on any atom is 0.251 e. The van der Waals surface area contributed by atoms with Gasteiger partial charge >= 0.3 is 0 Å². The largest absolute Gasteiger partial charge is 0.493 e. The lowest BCUT2D eigenvalue weighted by Gasteiger charge is -2.39. The minimum atomic E-state index is -0.418. The third kappa shape index (κ3) is 3.12. The van der Waals surface area contributed by atoms with E-state index >= 15 is 0 Å². The second-order valence-corrected chi connectivity index (χ2v) is 7.15. The average molecular weight is 384 g/mol. The maximum absolute atomic E-state index is 13.3. The number of methoxy groups -OCH3 is 2. The summed E-state index contributed by atoms with van der Waals surface area (Å²) < 4.78 is 10.8. The van der Waals surface area contributed by atoms with E-state index < -0.39 is 6.04 Å². The van der Waals surface area contributed by atoms with Crippen molar-refractivity contribution in [2.24, 2.45) is 0 Å². The number of anilines is 1. The van der Waals surface area contributed by atoms with E-state index in [2.05, 4.69) is 10.2 Å². The van der Waals surface area contributed by atoms with E-state index in [1.54, 1.807) is 30.2 Å². The molecule has 0 bridgehead atoms. The van der Waals surface area contributed by atoms with Gasteiger partial charge in [0.15, 0.2) is 17.3 Å². The summed E-state index contributed by atoms with van der Waals surface area (Å²) in [5.41, 5.74) is 0. The van der Waals surface area contributed by atoms with Crippen LogP contribution >= 0.6 is 0 Å². The van der Waals surface area contributed by atoms with Crippen LogP contribution in [0.15, 0.2) is 18.3 Å². The highest BCUT2D eigenvalue weighted by Gasteiger charge is 2.38. The Hall–Kier alpha value is -2.90. The molecule has 1 atom stereocenters. The third-order valence-electron chi connectivity index (χ3n) is 5.55. The van der Waals surface area contributed by atoms with Gasteiger partial charge in [0.1, 0.15) is 6.04 Å². The monoisotopic (exact) mass is 384 g/mol. The first-order valence-electron chi connectivity index (χ1n) is 9.62. The Morgan fingerprint density at radius 1 is 1.04 bits per heavy atom. The molecule has 4 rings (SSSR count). The number of benzene rings is 1. The lowest BCUT2D eigenvalue weighted by Crippen LogP contribution is -2.55. The topological polar surface area (TPSA) is 84.9 Å². The summed E-state index contributed by atoms with van der Waals surface area (Å²) in [6.45, 7) is 1.20. The second-order valence-electron chi connectivity index (χ2n) is 7.15. The van der Waals surface area contributed by atoms with E-state index in [0.717, 1.165) is 30.0 Å². The average Bonchev–Trinajstić information content (AvgIpc) is 2.73. The van der Waals surface area contributed by atoms with E-state index in [-0.39, 0.29) is 11.8 Å². The van der Waals surface area contributed by atoms with Crippen LogP contribution in [0.5, 0.6) is 11.5 Å². The Labute approximate surface area is 163 Å². The van der Waals surface area contributed by atoms with Crippen molar-refractivity contribution in [2.75, 3.05) is 32.2 Å². The predicted molar refractivity (Wildman–Crippen MR) is 104 cm³/mol. The van der Waals surface area contributed by atoms with Crippen LogP contribution in [0.2, 0.25) is 0 Å². The molecule has 8 nitrogen and oxygen atoms in total. The molecule has 0 spiro atoms. The molecular formula is C20H24N4O4. The van der Waals surface area contributed by atoms with E-state index in [9.17, 15) is 9.59 Å². The Balaban J connectivity index is 1.72. The first-order chi connectivity index (χ1) is 13.6. The van der Waals surface area contributed by atoms with Crippen molar-refractivity contribution >= 4 is 28.4 Å². The predicted octanol–water partition coefficient (Wildman–Crippen LogP) is 2.15. The first-order valence-corrected chi connectivity index (χ1v) is 9.62. The molecule has 3 heterocycles. The highest BCUT2D eigenvalue weighted by Crippen LogP contribution is 2.36. The zero-order chi connectivity index (χ0) is 19.7. The van der Waals surface area contributed by atoms with Gasteiger partial charge in [-0.05, 0) is 37.8 Å². The Morgan fingerprint density at radius 2 is 1.82 bits per heavy atom. The number of likely N-dealkylation sites (tertiary alicyclic amines) is 1. The molecule has 2 saturated heterocycles. The van der Waals surface area contributed by atoms with Gasteiger partial charge in [0.05, 0.1) is 20.4 Å². The highest BCUT2D eigenvalue weighted by atomic mass is 16.5. The van der Waals surface area contributed by atoms with Gasteiger partial charge in [0.2, 0.25) is 5.91 Å². The number of aromatic nitrogens is 2. The fraction of sp³-hybridized carbons (Fsp3) is 0.500. The molecule has 8 heteroatoms. The number of hydrogen-bond acceptors (Lipinski definition) is 6. The van der Waals surface area contributed by atoms with Crippen molar-refractivity contribution in [1.82, 2.24) is 15.1 Å². The van der Waals surface area contributed by atoms with Crippen LogP contribution in [0.25, 0.3) is 10.8 Å². The molecular weight excluding hydrogens is 360 g/mol. The number of piperidine rings is 2. The summed E-state index contributed by atoms with van der Waals surface area (Å²) in [5, 5.41) is 9.93. The van der Waals surface area contributed by atoms with Gasteiger partial charge in [-0.25, -0.2) is 0 Å². The molecule has 2 aliphatic heterocycles. The molecule has 0 saturated carbocycles. The van der Waals surface area contributed by atoms with E-state index in [1.165, 1.54) is 0 Å². The third-order valence-corrected chi connectivity index (χ3v) is 5.55. The number of nitrogens with zero attached hydrogens (tertiary/aromatic N) is 4. The molecule has 2 aromatic rings.